The minimum Gasteiger partial charge on any atom is -0.144 e. The number of halogens is 1. The molecule has 0 spiro atoms. The first-order chi connectivity index (χ1) is 3.41. The first kappa shape index (κ1) is 6.23. The van der Waals surface area contributed by atoms with E-state index in [1.807, 2.05) is 6.92 Å². The Hall–Kier alpha value is -0.770. The lowest BCUT2D eigenvalue weighted by Crippen LogP contribution is -1.48. The second-order valence-corrected chi connectivity index (χ2v) is 1.05. The maximum atomic E-state index is 10.9. The molecule has 0 rings (SSSR count). The van der Waals surface area contributed by atoms with Crippen molar-refractivity contribution in [1.82, 2.24) is 0 Å². The predicted octanol–water partition coefficient (Wildman–Crippen LogP) is 1.88. The predicted molar refractivity (Wildman–Crippen MR) is 28.3 cm³/mol. The fourth-order valence-corrected chi connectivity index (χ4v) is 0.208. The molecule has 0 amide bonds. The molecule has 0 atom stereocenters. The van der Waals surface area contributed by atoms with Crippen LogP contribution in [-0.4, -0.2) is 0 Å². The molecule has 0 nitrogen and oxygen atoms in total. The Bertz CT molecular complexity index is 103. The minimum atomic E-state index is 0.911. The van der Waals surface area contributed by atoms with Gasteiger partial charge in [-0.3, -0.25) is 0 Å². The second-order valence-electron chi connectivity index (χ2n) is 1.05. The molecule has 0 aliphatic carbocycles. The van der Waals surface area contributed by atoms with Gasteiger partial charge in [-0.25, -0.2) is 0 Å². The third-order valence-electron chi connectivity index (χ3n) is 0.491. The highest BCUT2D eigenvalue weighted by atomic mass is 19.1. The maximum absolute atomic E-state index is 10.9. The van der Waals surface area contributed by atoms with E-state index in [-0.39, 0.29) is 0 Å². The average molecular weight is 98.1 g/mol. The van der Waals surface area contributed by atoms with Gasteiger partial charge in [-0.15, -0.1) is 4.39 Å². The summed E-state index contributed by atoms with van der Waals surface area (Å²) >= 11 is 0. The van der Waals surface area contributed by atoms with Crippen molar-refractivity contribution in [2.75, 3.05) is 0 Å². The maximum Gasteiger partial charge on any atom is 0.110 e. The Balaban J connectivity index is 3.21. The van der Waals surface area contributed by atoms with Crippen LogP contribution in [0.5, 0.6) is 0 Å². The third-order valence-corrected chi connectivity index (χ3v) is 0.491. The van der Waals surface area contributed by atoms with Gasteiger partial charge in [0.15, 0.2) is 0 Å². The van der Waals surface area contributed by atoms with Crippen LogP contribution in [0, 0.1) is 12.1 Å². The first-order valence-corrected chi connectivity index (χ1v) is 2.18. The summed E-state index contributed by atoms with van der Waals surface area (Å²) in [6, 6.07) is 0. The van der Waals surface area contributed by atoms with Crippen LogP contribution in [0.1, 0.15) is 13.3 Å². The summed E-state index contributed by atoms with van der Waals surface area (Å²) in [6.45, 7) is 1.97. The molecule has 0 fully saturated rings. The van der Waals surface area contributed by atoms with E-state index in [1.54, 1.807) is 6.08 Å². The molecule has 0 heterocycles. The molecule has 0 aromatic rings. The molecule has 0 aliphatic heterocycles. The molecule has 0 bridgehead atoms. The summed E-state index contributed by atoms with van der Waals surface area (Å²) in [5.74, 6) is 2.15. The molecule has 0 aliphatic rings. The van der Waals surface area contributed by atoms with Crippen LogP contribution in [0.15, 0.2) is 12.2 Å². The fraction of sp³-hybridized carbons (Fsp3) is 0.333. The van der Waals surface area contributed by atoms with Crippen molar-refractivity contribution in [2.24, 2.45) is 0 Å². The van der Waals surface area contributed by atoms with Crippen LogP contribution in [0.25, 0.3) is 0 Å². The van der Waals surface area contributed by atoms with Crippen molar-refractivity contribution in [3.8, 4) is 12.1 Å². The van der Waals surface area contributed by atoms with Gasteiger partial charge in [0.2, 0.25) is 0 Å². The normalized spacial score (nSPS) is 8.29. The highest BCUT2D eigenvalue weighted by molar-refractivity contribution is 5.10. The molecular formula is C6H7F. The summed E-state index contributed by atoms with van der Waals surface area (Å²) in [5, 5.41) is 0. The summed E-state index contributed by atoms with van der Waals surface area (Å²) in [4.78, 5) is 0. The molecule has 0 N–H and O–H groups in total. The monoisotopic (exact) mass is 98.1 g/mol. The van der Waals surface area contributed by atoms with Gasteiger partial charge >= 0.3 is 0 Å². The Morgan fingerprint density at radius 2 is 2.43 bits per heavy atom. The summed E-state index contributed by atoms with van der Waals surface area (Å²) < 4.78 is 10.9. The average Bonchev–Trinajstić information content (AvgIpc) is 1.69. The smallest absolute Gasteiger partial charge is 0.110 e. The molecule has 38 valence electrons. The Kier molecular flexibility index (Phi) is 4.65. The van der Waals surface area contributed by atoms with E-state index in [0.29, 0.717) is 0 Å². The Morgan fingerprint density at radius 1 is 1.71 bits per heavy atom. The SMILES string of the molecule is CC/C=C/C#CF. The molecule has 0 aromatic heterocycles. The van der Waals surface area contributed by atoms with Crippen LogP contribution < -0.4 is 0 Å². The Morgan fingerprint density at radius 3 is 2.86 bits per heavy atom. The number of rotatable bonds is 1. The number of hydrogen-bond donors (Lipinski definition) is 0. The largest absolute Gasteiger partial charge is 0.144 e. The van der Waals surface area contributed by atoms with Gasteiger partial charge in [0.1, 0.15) is 6.17 Å². The first-order valence-electron chi connectivity index (χ1n) is 2.18. The van der Waals surface area contributed by atoms with Crippen LogP contribution >= 0.6 is 0 Å². The van der Waals surface area contributed by atoms with Crippen molar-refractivity contribution in [2.45, 2.75) is 13.3 Å². The zero-order chi connectivity index (χ0) is 5.54. The lowest BCUT2D eigenvalue weighted by molar-refractivity contribution is 0.774. The van der Waals surface area contributed by atoms with Gasteiger partial charge in [-0.1, -0.05) is 13.0 Å². The van der Waals surface area contributed by atoms with E-state index >= 15 is 0 Å². The molecule has 0 radical (unpaired) electrons. The standard InChI is InChI=1S/C6H7F/c1-2-3-4-5-6-7/h3-4H,2H2,1H3/b4-3+. The molecule has 0 aromatic carbocycles. The van der Waals surface area contributed by atoms with E-state index in [4.69, 9.17) is 0 Å². The van der Waals surface area contributed by atoms with Gasteiger partial charge in [-0.05, 0) is 18.4 Å². The van der Waals surface area contributed by atoms with Crippen molar-refractivity contribution < 1.29 is 4.39 Å². The minimum absolute atomic E-state index is 0.911. The van der Waals surface area contributed by atoms with Gasteiger partial charge in [-0.2, -0.15) is 0 Å². The van der Waals surface area contributed by atoms with Crippen molar-refractivity contribution in [1.29, 1.82) is 0 Å². The lowest BCUT2D eigenvalue weighted by atomic mass is 10.4. The number of allylic oxidation sites excluding steroid dienone is 2. The van der Waals surface area contributed by atoms with Gasteiger partial charge < -0.3 is 0 Å². The molecule has 0 saturated carbocycles. The molecule has 0 unspecified atom stereocenters. The van der Waals surface area contributed by atoms with Crippen molar-refractivity contribution in [3.63, 3.8) is 0 Å². The number of hydrogen-bond acceptors (Lipinski definition) is 0. The zero-order valence-corrected chi connectivity index (χ0v) is 4.24. The fourth-order valence-electron chi connectivity index (χ4n) is 0.208. The lowest BCUT2D eigenvalue weighted by Gasteiger charge is -1.65. The van der Waals surface area contributed by atoms with Crippen LogP contribution in [-0.2, 0) is 0 Å². The van der Waals surface area contributed by atoms with E-state index < -0.39 is 0 Å². The van der Waals surface area contributed by atoms with Crippen molar-refractivity contribution >= 4 is 0 Å². The second kappa shape index (κ2) is 5.23. The van der Waals surface area contributed by atoms with E-state index in [2.05, 4.69) is 5.92 Å². The molecule has 0 saturated heterocycles. The van der Waals surface area contributed by atoms with Crippen LogP contribution in [0.4, 0.5) is 4.39 Å². The van der Waals surface area contributed by atoms with Crippen LogP contribution in [0.2, 0.25) is 0 Å². The van der Waals surface area contributed by atoms with Crippen molar-refractivity contribution in [3.05, 3.63) is 12.2 Å². The Labute approximate surface area is 43.0 Å². The molecule has 7 heavy (non-hydrogen) atoms. The highest BCUT2D eigenvalue weighted by Gasteiger charge is 1.58. The third kappa shape index (κ3) is 5.23. The van der Waals surface area contributed by atoms with Gasteiger partial charge in [0.25, 0.3) is 0 Å². The van der Waals surface area contributed by atoms with Gasteiger partial charge in [0.05, 0.1) is 0 Å². The van der Waals surface area contributed by atoms with E-state index in [0.717, 1.165) is 6.42 Å². The zero-order valence-electron chi connectivity index (χ0n) is 4.24. The van der Waals surface area contributed by atoms with E-state index in [9.17, 15) is 4.39 Å². The van der Waals surface area contributed by atoms with E-state index in [1.165, 1.54) is 12.3 Å². The van der Waals surface area contributed by atoms with Crippen LogP contribution in [0.3, 0.4) is 0 Å². The van der Waals surface area contributed by atoms with Gasteiger partial charge in [0, 0.05) is 0 Å². The molecule has 1 heteroatoms. The summed E-state index contributed by atoms with van der Waals surface area (Å²) in [6.07, 6.45) is 5.48. The molecular weight excluding hydrogens is 91.1 g/mol. The topological polar surface area (TPSA) is 0 Å². The quantitative estimate of drug-likeness (QED) is 0.439. The highest BCUT2D eigenvalue weighted by Crippen LogP contribution is 1.75. The summed E-state index contributed by atoms with van der Waals surface area (Å²) in [7, 11) is 0. The summed E-state index contributed by atoms with van der Waals surface area (Å²) in [5.41, 5.74) is 0.